The number of rotatable bonds is 4. The predicted octanol–water partition coefficient (Wildman–Crippen LogP) is 3.65. The molecule has 5 nitrogen and oxygen atoms in total. The Kier molecular flexibility index (Phi) is 3.74. The van der Waals surface area contributed by atoms with Gasteiger partial charge in [-0.25, -0.2) is 4.39 Å². The Morgan fingerprint density at radius 2 is 1.85 bits per heavy atom. The number of carbonyl (C=O) groups excluding carboxylic acids is 1. The fourth-order valence-electron chi connectivity index (χ4n) is 1.75. The maximum absolute atomic E-state index is 13.4. The van der Waals surface area contributed by atoms with Crippen molar-refractivity contribution < 1.29 is 18.8 Å². The van der Waals surface area contributed by atoms with E-state index in [9.17, 15) is 19.3 Å². The minimum atomic E-state index is -0.708. The van der Waals surface area contributed by atoms with Gasteiger partial charge in [0.05, 0.1) is 16.1 Å². The smallest absolute Gasteiger partial charge is 0.276 e. The largest absolute Gasteiger partial charge is 0.456 e. The van der Waals surface area contributed by atoms with Crippen molar-refractivity contribution in [1.29, 1.82) is 0 Å². The van der Waals surface area contributed by atoms with Gasteiger partial charge in [-0.3, -0.25) is 14.9 Å². The second-order valence-electron chi connectivity index (χ2n) is 4.03. The summed E-state index contributed by atoms with van der Waals surface area (Å²) in [6.45, 7) is 1.52. The molecule has 0 aromatic heterocycles. The van der Waals surface area contributed by atoms with E-state index < -0.39 is 10.7 Å². The summed E-state index contributed by atoms with van der Waals surface area (Å²) in [7, 11) is 0. The Balaban J connectivity index is 2.46. The van der Waals surface area contributed by atoms with E-state index in [4.69, 9.17) is 4.74 Å². The van der Waals surface area contributed by atoms with Gasteiger partial charge in [-0.15, -0.1) is 0 Å². The highest BCUT2D eigenvalue weighted by atomic mass is 19.1. The highest BCUT2D eigenvalue weighted by Gasteiger charge is 2.16. The Hall–Kier alpha value is -2.76. The maximum atomic E-state index is 13.4. The number of aldehydes is 1. The molecule has 2 aromatic rings. The molecule has 0 unspecified atom stereocenters. The number of nitro groups is 1. The number of hydrogen-bond acceptors (Lipinski definition) is 4. The average Bonchev–Trinajstić information content (AvgIpc) is 2.41. The molecule has 6 heteroatoms. The topological polar surface area (TPSA) is 69.4 Å². The van der Waals surface area contributed by atoms with Crippen LogP contribution >= 0.6 is 0 Å². The maximum Gasteiger partial charge on any atom is 0.276 e. The molecule has 0 heterocycles. The summed E-state index contributed by atoms with van der Waals surface area (Å²) < 4.78 is 18.9. The molecule has 0 spiro atoms. The first kappa shape index (κ1) is 13.7. The Labute approximate surface area is 113 Å². The molecule has 0 saturated heterocycles. The fourth-order valence-corrected chi connectivity index (χ4v) is 1.75. The van der Waals surface area contributed by atoms with Crippen LogP contribution in [0.1, 0.15) is 15.9 Å². The van der Waals surface area contributed by atoms with Gasteiger partial charge in [0.25, 0.3) is 5.69 Å². The first-order chi connectivity index (χ1) is 9.54. The molecule has 0 aliphatic carbocycles. The first-order valence-corrected chi connectivity index (χ1v) is 5.70. The van der Waals surface area contributed by atoms with E-state index in [2.05, 4.69) is 0 Å². The van der Waals surface area contributed by atoms with Crippen molar-refractivity contribution in [2.24, 2.45) is 0 Å². The summed E-state index contributed by atoms with van der Waals surface area (Å²) in [5.74, 6) is -0.489. The van der Waals surface area contributed by atoms with Crippen molar-refractivity contribution in [3.8, 4) is 11.5 Å². The summed E-state index contributed by atoms with van der Waals surface area (Å²) in [6.07, 6.45) is 0.345. The normalized spacial score (nSPS) is 10.1. The number of halogens is 1. The van der Waals surface area contributed by atoms with Crippen LogP contribution in [0, 0.1) is 22.9 Å². The number of carbonyl (C=O) groups is 1. The van der Waals surface area contributed by atoms with Gasteiger partial charge < -0.3 is 4.74 Å². The average molecular weight is 275 g/mol. The third-order valence-electron chi connectivity index (χ3n) is 2.80. The summed E-state index contributed by atoms with van der Waals surface area (Å²) in [5.41, 5.74) is -0.0245. The van der Waals surface area contributed by atoms with Crippen molar-refractivity contribution in [3.05, 3.63) is 63.5 Å². The Bertz CT molecular complexity index is 685. The molecule has 102 valence electrons. The van der Waals surface area contributed by atoms with Crippen LogP contribution in [0.25, 0.3) is 0 Å². The molecule has 2 aromatic carbocycles. The zero-order valence-electron chi connectivity index (χ0n) is 10.5. The molecule has 0 amide bonds. The highest BCUT2D eigenvalue weighted by Crippen LogP contribution is 2.32. The van der Waals surface area contributed by atoms with Crippen molar-refractivity contribution in [1.82, 2.24) is 0 Å². The Morgan fingerprint density at radius 3 is 2.50 bits per heavy atom. The lowest BCUT2D eigenvalue weighted by atomic mass is 10.1. The molecule has 0 saturated carbocycles. The quantitative estimate of drug-likeness (QED) is 0.485. The van der Waals surface area contributed by atoms with Crippen molar-refractivity contribution in [2.75, 3.05) is 0 Å². The highest BCUT2D eigenvalue weighted by molar-refractivity contribution is 5.80. The monoisotopic (exact) mass is 275 g/mol. The zero-order valence-corrected chi connectivity index (χ0v) is 10.5. The summed E-state index contributed by atoms with van der Waals surface area (Å²) in [5, 5.41) is 10.8. The van der Waals surface area contributed by atoms with E-state index in [1.165, 1.54) is 37.3 Å². The number of nitro benzene ring substituents is 1. The standard InChI is InChI=1S/C14H10FNO4/c1-9-12(16(18)19)5-3-6-13(9)20-14-7-2-4-11(15)10(14)8-17/h2-8H,1H3. The van der Waals surface area contributed by atoms with Crippen molar-refractivity contribution >= 4 is 12.0 Å². The number of ether oxygens (including phenoxy) is 1. The fraction of sp³-hybridized carbons (Fsp3) is 0.0714. The van der Waals surface area contributed by atoms with Crippen LogP contribution in [0.3, 0.4) is 0 Å². The van der Waals surface area contributed by atoms with Crippen molar-refractivity contribution in [3.63, 3.8) is 0 Å². The minimum Gasteiger partial charge on any atom is -0.456 e. The van der Waals surface area contributed by atoms with Crippen molar-refractivity contribution in [2.45, 2.75) is 6.92 Å². The SMILES string of the molecule is Cc1c(Oc2cccc(F)c2C=O)cccc1[N+](=O)[O-]. The van der Waals surface area contributed by atoms with Gasteiger partial charge in [-0.1, -0.05) is 12.1 Å². The lowest BCUT2D eigenvalue weighted by Gasteiger charge is -2.10. The molecule has 0 bridgehead atoms. The van der Waals surface area contributed by atoms with Crippen LogP contribution in [-0.4, -0.2) is 11.2 Å². The molecule has 20 heavy (non-hydrogen) atoms. The van der Waals surface area contributed by atoms with E-state index in [1.807, 2.05) is 0 Å². The molecule has 0 aliphatic heterocycles. The predicted molar refractivity (Wildman–Crippen MR) is 69.7 cm³/mol. The van der Waals surface area contributed by atoms with E-state index in [1.54, 1.807) is 0 Å². The first-order valence-electron chi connectivity index (χ1n) is 5.70. The van der Waals surface area contributed by atoms with Gasteiger partial charge in [-0.05, 0) is 25.1 Å². The van der Waals surface area contributed by atoms with Crippen LogP contribution in [0.5, 0.6) is 11.5 Å². The third-order valence-corrected chi connectivity index (χ3v) is 2.80. The molecule has 0 atom stereocenters. The van der Waals surface area contributed by atoms with Gasteiger partial charge in [0.2, 0.25) is 0 Å². The molecule has 0 aliphatic rings. The van der Waals surface area contributed by atoms with Crippen LogP contribution in [0.2, 0.25) is 0 Å². The number of hydrogen-bond donors (Lipinski definition) is 0. The molecule has 0 fully saturated rings. The van der Waals surface area contributed by atoms with Gasteiger partial charge >= 0.3 is 0 Å². The van der Waals surface area contributed by atoms with Crippen LogP contribution < -0.4 is 4.74 Å². The summed E-state index contributed by atoms with van der Waals surface area (Å²) in [6, 6.07) is 8.27. The van der Waals surface area contributed by atoms with Gasteiger partial charge in [0.15, 0.2) is 6.29 Å². The van der Waals surface area contributed by atoms with E-state index in [0.29, 0.717) is 11.8 Å². The van der Waals surface area contributed by atoms with Gasteiger partial charge in [0.1, 0.15) is 17.3 Å². The summed E-state index contributed by atoms with van der Waals surface area (Å²) in [4.78, 5) is 21.2. The lowest BCUT2D eigenvalue weighted by molar-refractivity contribution is -0.385. The molecular formula is C14H10FNO4. The van der Waals surface area contributed by atoms with E-state index >= 15 is 0 Å². The van der Waals surface area contributed by atoms with Crippen LogP contribution in [0.15, 0.2) is 36.4 Å². The zero-order chi connectivity index (χ0) is 14.7. The van der Waals surface area contributed by atoms with Crippen LogP contribution in [0.4, 0.5) is 10.1 Å². The minimum absolute atomic E-state index is 0.0172. The van der Waals surface area contributed by atoms with E-state index in [0.717, 1.165) is 6.07 Å². The number of nitrogens with zero attached hydrogens (tertiary/aromatic N) is 1. The molecule has 0 N–H and O–H groups in total. The lowest BCUT2D eigenvalue weighted by Crippen LogP contribution is -1.97. The second-order valence-corrected chi connectivity index (χ2v) is 4.03. The molecule has 2 rings (SSSR count). The van der Waals surface area contributed by atoms with E-state index in [-0.39, 0.29) is 22.7 Å². The van der Waals surface area contributed by atoms with Crippen LogP contribution in [-0.2, 0) is 0 Å². The number of benzene rings is 2. The second kappa shape index (κ2) is 5.48. The van der Waals surface area contributed by atoms with Gasteiger partial charge in [-0.2, -0.15) is 0 Å². The Morgan fingerprint density at radius 1 is 1.20 bits per heavy atom. The molecular weight excluding hydrogens is 265 g/mol. The summed E-state index contributed by atoms with van der Waals surface area (Å²) >= 11 is 0. The molecule has 0 radical (unpaired) electrons. The van der Waals surface area contributed by atoms with Gasteiger partial charge in [0, 0.05) is 6.07 Å². The third kappa shape index (κ3) is 2.49.